The number of halogens is 3. The van der Waals surface area contributed by atoms with Gasteiger partial charge in [0.15, 0.2) is 10.8 Å². The van der Waals surface area contributed by atoms with Crippen molar-refractivity contribution in [2.75, 3.05) is 12.5 Å². The van der Waals surface area contributed by atoms with Gasteiger partial charge in [0.05, 0.1) is 18.5 Å². The van der Waals surface area contributed by atoms with Gasteiger partial charge in [-0.3, -0.25) is 5.43 Å². The Morgan fingerprint density at radius 1 is 1.21 bits per heavy atom. The number of ether oxygens (including phenoxy) is 1. The Labute approximate surface area is 153 Å². The molecule has 0 atom stereocenters. The van der Waals surface area contributed by atoms with Crippen molar-refractivity contribution in [2.24, 2.45) is 5.10 Å². The van der Waals surface area contributed by atoms with Gasteiger partial charge in [0.25, 0.3) is 0 Å². The molecule has 0 aliphatic carbocycles. The van der Waals surface area contributed by atoms with Gasteiger partial charge in [-0.15, -0.1) is 0 Å². The van der Waals surface area contributed by atoms with E-state index in [0.29, 0.717) is 5.71 Å². The average Bonchev–Trinajstić information content (AvgIpc) is 2.57. The third-order valence-corrected chi connectivity index (χ3v) is 4.19. The van der Waals surface area contributed by atoms with Gasteiger partial charge in [0, 0.05) is 0 Å². The van der Waals surface area contributed by atoms with Crippen LogP contribution in [0.3, 0.4) is 0 Å². The van der Waals surface area contributed by atoms with Crippen LogP contribution in [0.1, 0.15) is 23.0 Å². The summed E-state index contributed by atoms with van der Waals surface area (Å²) >= 11 is 17.9. The van der Waals surface area contributed by atoms with E-state index in [9.17, 15) is 4.79 Å². The zero-order valence-corrected chi connectivity index (χ0v) is 14.9. The normalized spacial score (nSPS) is 11.3. The molecule has 6 nitrogen and oxygen atoms in total. The third-order valence-electron chi connectivity index (χ3n) is 3.08. The second kappa shape index (κ2) is 7.70. The topological polar surface area (TPSA) is 83.8 Å². The van der Waals surface area contributed by atoms with E-state index < -0.39 is 11.7 Å². The monoisotopic (exact) mass is 387 g/mol. The van der Waals surface area contributed by atoms with E-state index in [2.05, 4.69) is 15.5 Å². The van der Waals surface area contributed by atoms with Gasteiger partial charge in [0.1, 0.15) is 15.8 Å². The maximum absolute atomic E-state index is 11.1. The number of carboxylic acids is 1. The standard InChI is InChI=1S/C15H12Cl3N3O3/c1-7(8-3-5-9(24-2)6-4-8)20-21-12-10(16)13(15(22)23)19-14(18)11(12)17/h3-6H,1-2H3,(H,19,21)(H,22,23)/b20-7-. The van der Waals surface area contributed by atoms with Crippen molar-refractivity contribution in [3.8, 4) is 5.75 Å². The minimum Gasteiger partial charge on any atom is -0.497 e. The molecular weight excluding hydrogens is 377 g/mol. The number of rotatable bonds is 5. The predicted octanol–water partition coefficient (Wildman–Crippen LogP) is 4.58. The molecule has 0 spiro atoms. The highest BCUT2D eigenvalue weighted by atomic mass is 35.5. The van der Waals surface area contributed by atoms with Crippen LogP contribution in [-0.2, 0) is 0 Å². The van der Waals surface area contributed by atoms with Crippen LogP contribution in [0.15, 0.2) is 29.4 Å². The first-order chi connectivity index (χ1) is 11.3. The number of pyridine rings is 1. The molecule has 0 saturated carbocycles. The molecule has 1 aromatic carbocycles. The molecule has 9 heteroatoms. The first kappa shape index (κ1) is 18.3. The van der Waals surface area contributed by atoms with Crippen LogP contribution in [0.25, 0.3) is 0 Å². The third kappa shape index (κ3) is 3.90. The van der Waals surface area contributed by atoms with Crippen LogP contribution in [0.4, 0.5) is 5.69 Å². The molecule has 0 fully saturated rings. The van der Waals surface area contributed by atoms with E-state index in [1.807, 2.05) is 12.1 Å². The molecule has 0 aliphatic heterocycles. The number of aromatic nitrogens is 1. The Hall–Kier alpha value is -2.02. The first-order valence-corrected chi connectivity index (χ1v) is 7.71. The lowest BCUT2D eigenvalue weighted by Crippen LogP contribution is -2.06. The molecule has 0 bridgehead atoms. The van der Waals surface area contributed by atoms with Gasteiger partial charge in [-0.05, 0) is 36.8 Å². The van der Waals surface area contributed by atoms with Crippen molar-refractivity contribution in [3.63, 3.8) is 0 Å². The predicted molar refractivity (Wildman–Crippen MR) is 95.1 cm³/mol. The molecule has 0 unspecified atom stereocenters. The first-order valence-electron chi connectivity index (χ1n) is 6.57. The van der Waals surface area contributed by atoms with Gasteiger partial charge in [0.2, 0.25) is 0 Å². The van der Waals surface area contributed by atoms with Crippen LogP contribution in [0, 0.1) is 0 Å². The van der Waals surface area contributed by atoms with Crippen LogP contribution < -0.4 is 10.2 Å². The largest absolute Gasteiger partial charge is 0.497 e. The summed E-state index contributed by atoms with van der Waals surface area (Å²) in [5.41, 5.74) is 3.76. The number of carbonyl (C=O) groups is 1. The number of nitrogens with one attached hydrogen (secondary N) is 1. The number of hydrazone groups is 1. The van der Waals surface area contributed by atoms with E-state index >= 15 is 0 Å². The van der Waals surface area contributed by atoms with Crippen molar-refractivity contribution in [2.45, 2.75) is 6.92 Å². The van der Waals surface area contributed by atoms with Crippen molar-refractivity contribution >= 4 is 52.2 Å². The lowest BCUT2D eigenvalue weighted by Gasteiger charge is -2.10. The summed E-state index contributed by atoms with van der Waals surface area (Å²) in [6.07, 6.45) is 0. The number of carboxylic acid groups (broad SMARTS) is 1. The number of aromatic carboxylic acids is 1. The van der Waals surface area contributed by atoms with Gasteiger partial charge in [-0.1, -0.05) is 34.8 Å². The SMILES string of the molecule is COc1ccc(/C(C)=N\Nc2c(Cl)c(Cl)nc(C(=O)O)c2Cl)cc1. The minimum absolute atomic E-state index is 0.0158. The number of hydrogen-bond acceptors (Lipinski definition) is 5. The molecule has 0 radical (unpaired) electrons. The molecule has 0 aliphatic rings. The second-order valence-electron chi connectivity index (χ2n) is 4.60. The molecule has 126 valence electrons. The fourth-order valence-electron chi connectivity index (χ4n) is 1.79. The highest BCUT2D eigenvalue weighted by Crippen LogP contribution is 2.36. The van der Waals surface area contributed by atoms with Gasteiger partial charge in [-0.2, -0.15) is 5.10 Å². The van der Waals surface area contributed by atoms with E-state index in [-0.39, 0.29) is 20.9 Å². The van der Waals surface area contributed by atoms with Gasteiger partial charge < -0.3 is 9.84 Å². The van der Waals surface area contributed by atoms with Crippen molar-refractivity contribution in [1.82, 2.24) is 4.98 Å². The number of anilines is 1. The molecule has 1 heterocycles. The summed E-state index contributed by atoms with van der Waals surface area (Å²) in [4.78, 5) is 14.8. The molecule has 0 saturated heterocycles. The number of hydrogen-bond donors (Lipinski definition) is 2. The lowest BCUT2D eigenvalue weighted by atomic mass is 10.1. The Bertz CT molecular complexity index is 808. The lowest BCUT2D eigenvalue weighted by molar-refractivity contribution is 0.0691. The summed E-state index contributed by atoms with van der Waals surface area (Å²) in [7, 11) is 1.58. The fraction of sp³-hybridized carbons (Fsp3) is 0.133. The molecule has 0 amide bonds. The minimum atomic E-state index is -1.32. The van der Waals surface area contributed by atoms with E-state index in [1.54, 1.807) is 26.2 Å². The molecule has 24 heavy (non-hydrogen) atoms. The average molecular weight is 389 g/mol. The number of methoxy groups -OCH3 is 1. The molecule has 2 rings (SSSR count). The van der Waals surface area contributed by atoms with Gasteiger partial charge in [-0.25, -0.2) is 9.78 Å². The Morgan fingerprint density at radius 2 is 1.83 bits per heavy atom. The summed E-state index contributed by atoms with van der Waals surface area (Å²) in [6, 6.07) is 7.23. The molecule has 1 aromatic heterocycles. The molecule has 2 aromatic rings. The van der Waals surface area contributed by atoms with Crippen molar-refractivity contribution in [1.29, 1.82) is 0 Å². The van der Waals surface area contributed by atoms with Crippen molar-refractivity contribution in [3.05, 3.63) is 50.7 Å². The maximum Gasteiger partial charge on any atom is 0.356 e. The van der Waals surface area contributed by atoms with E-state index in [0.717, 1.165) is 11.3 Å². The van der Waals surface area contributed by atoms with E-state index in [1.165, 1.54) is 0 Å². The van der Waals surface area contributed by atoms with Crippen LogP contribution in [0.2, 0.25) is 15.2 Å². The Kier molecular flexibility index (Phi) is 5.88. The van der Waals surface area contributed by atoms with Crippen LogP contribution in [0.5, 0.6) is 5.75 Å². The van der Waals surface area contributed by atoms with Crippen LogP contribution >= 0.6 is 34.8 Å². The zero-order chi connectivity index (χ0) is 17.9. The quantitative estimate of drug-likeness (QED) is 0.445. The molecule has 2 N–H and O–H groups in total. The summed E-state index contributed by atoms with van der Waals surface area (Å²) in [5, 5.41) is 12.9. The molecular formula is C15H12Cl3N3O3. The number of benzene rings is 1. The smallest absolute Gasteiger partial charge is 0.356 e. The number of nitrogens with zero attached hydrogens (tertiary/aromatic N) is 2. The highest BCUT2D eigenvalue weighted by Gasteiger charge is 2.20. The summed E-state index contributed by atoms with van der Waals surface area (Å²) in [5.74, 6) is -0.602. The zero-order valence-electron chi connectivity index (χ0n) is 12.6. The van der Waals surface area contributed by atoms with Gasteiger partial charge >= 0.3 is 5.97 Å². The second-order valence-corrected chi connectivity index (χ2v) is 5.71. The highest BCUT2D eigenvalue weighted by molar-refractivity contribution is 6.46. The van der Waals surface area contributed by atoms with Crippen LogP contribution in [-0.4, -0.2) is 28.9 Å². The Balaban J connectivity index is 2.34. The van der Waals surface area contributed by atoms with Crippen molar-refractivity contribution < 1.29 is 14.6 Å². The Morgan fingerprint density at radius 3 is 2.38 bits per heavy atom. The van der Waals surface area contributed by atoms with E-state index in [4.69, 9.17) is 44.6 Å². The summed E-state index contributed by atoms with van der Waals surface area (Å²) in [6.45, 7) is 1.76. The maximum atomic E-state index is 11.1. The fourth-order valence-corrected chi connectivity index (χ4v) is 2.46. The summed E-state index contributed by atoms with van der Waals surface area (Å²) < 4.78 is 5.09.